The quantitative estimate of drug-likeness (QED) is 0.707. The number of hydrogen-bond acceptors (Lipinski definition) is 4. The van der Waals surface area contributed by atoms with Crippen molar-refractivity contribution in [3.05, 3.63) is 29.8 Å². The topological polar surface area (TPSA) is 62.1 Å². The maximum absolute atomic E-state index is 12.4. The van der Waals surface area contributed by atoms with Crippen molar-refractivity contribution in [2.75, 3.05) is 11.4 Å². The van der Waals surface area contributed by atoms with Gasteiger partial charge in [0.2, 0.25) is 5.91 Å². The number of nitrogens with zero attached hydrogens (tertiary/aromatic N) is 3. The Balaban J connectivity index is 2.01. The normalized spacial score (nSPS) is 26.6. The van der Waals surface area contributed by atoms with E-state index in [2.05, 4.69) is 10.2 Å². The molecule has 1 aromatic rings. The third-order valence-electron chi connectivity index (χ3n) is 3.44. The molecule has 2 aliphatic heterocycles. The van der Waals surface area contributed by atoms with Gasteiger partial charge in [0.15, 0.2) is 5.54 Å². The van der Waals surface area contributed by atoms with Gasteiger partial charge in [-0.15, -0.1) is 0 Å². The van der Waals surface area contributed by atoms with Crippen molar-refractivity contribution in [3.8, 4) is 0 Å². The fourth-order valence-electron chi connectivity index (χ4n) is 2.50. The van der Waals surface area contributed by atoms with Crippen LogP contribution in [0.25, 0.3) is 0 Å². The van der Waals surface area contributed by atoms with Crippen molar-refractivity contribution in [2.24, 2.45) is 10.2 Å². The minimum atomic E-state index is -0.916. The highest BCUT2D eigenvalue weighted by Crippen LogP contribution is 2.37. The van der Waals surface area contributed by atoms with Crippen LogP contribution in [0.4, 0.5) is 5.69 Å². The minimum Gasteiger partial charge on any atom is -0.274 e. The van der Waals surface area contributed by atoms with Crippen molar-refractivity contribution in [1.82, 2.24) is 0 Å². The summed E-state index contributed by atoms with van der Waals surface area (Å²) in [6.45, 7) is 2.46. The molecule has 92 valence electrons. The van der Waals surface area contributed by atoms with E-state index in [4.69, 9.17) is 0 Å². The van der Waals surface area contributed by atoms with Gasteiger partial charge in [0.05, 0.1) is 18.7 Å². The van der Waals surface area contributed by atoms with Gasteiger partial charge >= 0.3 is 0 Å². The summed E-state index contributed by atoms with van der Waals surface area (Å²) in [5, 5.41) is 7.88. The Labute approximate surface area is 105 Å². The van der Waals surface area contributed by atoms with Gasteiger partial charge in [0.1, 0.15) is 0 Å². The largest absolute Gasteiger partial charge is 0.274 e. The molecule has 0 radical (unpaired) electrons. The van der Waals surface area contributed by atoms with Gasteiger partial charge in [-0.1, -0.05) is 12.1 Å². The monoisotopic (exact) mass is 243 g/mol. The standard InChI is InChI=1S/C13H13N3O2/c1-9-3-2-4-10(7-9)16-11(17)8-13(12(16)18)5-6-14-15-13/h2-4,7H,5-6,8H2,1H3. The molecular formula is C13H13N3O2. The van der Waals surface area contributed by atoms with Crippen molar-refractivity contribution in [2.45, 2.75) is 25.3 Å². The molecule has 5 heteroatoms. The molecular weight excluding hydrogens is 230 g/mol. The number of aryl methyl sites for hydroxylation is 1. The molecule has 2 aliphatic rings. The lowest BCUT2D eigenvalue weighted by molar-refractivity contribution is -0.122. The van der Waals surface area contributed by atoms with E-state index in [1.54, 1.807) is 6.07 Å². The van der Waals surface area contributed by atoms with Crippen LogP contribution in [0.2, 0.25) is 0 Å². The molecule has 1 unspecified atom stereocenters. The van der Waals surface area contributed by atoms with Crippen LogP contribution in [0.15, 0.2) is 34.5 Å². The molecule has 1 fully saturated rings. The third-order valence-corrected chi connectivity index (χ3v) is 3.44. The second-order valence-electron chi connectivity index (χ2n) is 4.80. The number of azo groups is 1. The maximum atomic E-state index is 12.4. The fraction of sp³-hybridized carbons (Fsp3) is 0.385. The van der Waals surface area contributed by atoms with Gasteiger partial charge < -0.3 is 0 Å². The molecule has 1 aromatic carbocycles. The Morgan fingerprint density at radius 1 is 1.33 bits per heavy atom. The van der Waals surface area contributed by atoms with Crippen LogP contribution in [0, 0.1) is 6.92 Å². The molecule has 1 spiro atoms. The number of carbonyl (C=O) groups is 2. The van der Waals surface area contributed by atoms with Gasteiger partial charge in [-0.05, 0) is 24.6 Å². The highest BCUT2D eigenvalue weighted by Gasteiger charge is 2.54. The average molecular weight is 243 g/mol. The molecule has 0 saturated carbocycles. The van der Waals surface area contributed by atoms with Crippen LogP contribution in [-0.2, 0) is 9.59 Å². The van der Waals surface area contributed by atoms with Crippen LogP contribution in [0.1, 0.15) is 18.4 Å². The number of rotatable bonds is 1. The highest BCUT2D eigenvalue weighted by molar-refractivity contribution is 6.24. The second-order valence-corrected chi connectivity index (χ2v) is 4.80. The number of amides is 2. The first-order valence-corrected chi connectivity index (χ1v) is 5.95. The summed E-state index contributed by atoms with van der Waals surface area (Å²) in [4.78, 5) is 25.7. The lowest BCUT2D eigenvalue weighted by Crippen LogP contribution is -2.38. The Morgan fingerprint density at radius 2 is 2.17 bits per heavy atom. The van der Waals surface area contributed by atoms with E-state index in [1.165, 1.54) is 4.90 Å². The zero-order valence-corrected chi connectivity index (χ0v) is 10.1. The summed E-state index contributed by atoms with van der Waals surface area (Å²) in [5.74, 6) is -0.425. The molecule has 0 aromatic heterocycles. The SMILES string of the molecule is Cc1cccc(N2C(=O)CC3(CCN=N3)C2=O)c1. The second kappa shape index (κ2) is 3.73. The summed E-state index contributed by atoms with van der Waals surface area (Å²) in [7, 11) is 0. The van der Waals surface area contributed by atoms with Crippen LogP contribution in [0.3, 0.4) is 0 Å². The van der Waals surface area contributed by atoms with E-state index in [0.717, 1.165) is 5.56 Å². The molecule has 1 saturated heterocycles. The number of hydrogen-bond donors (Lipinski definition) is 0. The van der Waals surface area contributed by atoms with E-state index in [9.17, 15) is 9.59 Å². The first-order chi connectivity index (χ1) is 8.62. The van der Waals surface area contributed by atoms with E-state index in [0.29, 0.717) is 18.7 Å². The summed E-state index contributed by atoms with van der Waals surface area (Å²) >= 11 is 0. The van der Waals surface area contributed by atoms with E-state index >= 15 is 0 Å². The number of anilines is 1. The average Bonchev–Trinajstić information content (AvgIpc) is 2.87. The summed E-state index contributed by atoms with van der Waals surface area (Å²) in [6, 6.07) is 7.38. The first-order valence-electron chi connectivity index (χ1n) is 5.95. The van der Waals surface area contributed by atoms with Gasteiger partial charge in [-0.3, -0.25) is 9.59 Å². The molecule has 3 rings (SSSR count). The Kier molecular flexibility index (Phi) is 2.29. The number of benzene rings is 1. The Hall–Kier alpha value is -2.04. The van der Waals surface area contributed by atoms with E-state index in [-0.39, 0.29) is 18.2 Å². The van der Waals surface area contributed by atoms with Crippen LogP contribution in [0.5, 0.6) is 0 Å². The van der Waals surface area contributed by atoms with Crippen molar-refractivity contribution in [1.29, 1.82) is 0 Å². The molecule has 18 heavy (non-hydrogen) atoms. The number of carbonyl (C=O) groups excluding carboxylic acids is 2. The predicted octanol–water partition coefficient (Wildman–Crippen LogP) is 1.85. The molecule has 5 nitrogen and oxygen atoms in total. The van der Waals surface area contributed by atoms with Crippen LogP contribution >= 0.6 is 0 Å². The summed E-state index contributed by atoms with van der Waals surface area (Å²) in [5.41, 5.74) is 0.729. The Bertz CT molecular complexity index is 567. The van der Waals surface area contributed by atoms with E-state index < -0.39 is 5.54 Å². The van der Waals surface area contributed by atoms with Crippen LogP contribution in [-0.4, -0.2) is 23.9 Å². The lowest BCUT2D eigenvalue weighted by Gasteiger charge is -2.17. The summed E-state index contributed by atoms with van der Waals surface area (Å²) < 4.78 is 0. The fourth-order valence-corrected chi connectivity index (χ4v) is 2.50. The number of imide groups is 1. The smallest absolute Gasteiger partial charge is 0.264 e. The highest BCUT2D eigenvalue weighted by atomic mass is 16.2. The molecule has 2 amide bonds. The van der Waals surface area contributed by atoms with Crippen molar-refractivity contribution >= 4 is 17.5 Å². The third kappa shape index (κ3) is 1.47. The molecule has 2 heterocycles. The molecule has 0 N–H and O–H groups in total. The van der Waals surface area contributed by atoms with Gasteiger partial charge in [-0.25, -0.2) is 4.90 Å². The minimum absolute atomic E-state index is 0.142. The first kappa shape index (κ1) is 11.1. The zero-order chi connectivity index (χ0) is 12.8. The molecule has 0 bridgehead atoms. The molecule has 0 aliphatic carbocycles. The Morgan fingerprint density at radius 3 is 2.83 bits per heavy atom. The summed E-state index contributed by atoms with van der Waals surface area (Å²) in [6.07, 6.45) is 0.684. The predicted molar refractivity (Wildman–Crippen MR) is 65.4 cm³/mol. The van der Waals surface area contributed by atoms with Crippen molar-refractivity contribution < 1.29 is 9.59 Å². The van der Waals surface area contributed by atoms with Gasteiger partial charge in [0.25, 0.3) is 5.91 Å². The van der Waals surface area contributed by atoms with E-state index in [1.807, 2.05) is 25.1 Å². The lowest BCUT2D eigenvalue weighted by atomic mass is 9.96. The van der Waals surface area contributed by atoms with Crippen molar-refractivity contribution in [3.63, 3.8) is 0 Å². The van der Waals surface area contributed by atoms with Gasteiger partial charge in [0, 0.05) is 6.42 Å². The maximum Gasteiger partial charge on any atom is 0.264 e. The van der Waals surface area contributed by atoms with Gasteiger partial charge in [-0.2, -0.15) is 10.2 Å². The molecule has 1 atom stereocenters. The zero-order valence-electron chi connectivity index (χ0n) is 10.1. The van der Waals surface area contributed by atoms with Crippen LogP contribution < -0.4 is 4.90 Å².